The number of para-hydroxylation sites is 1. The lowest BCUT2D eigenvalue weighted by Crippen LogP contribution is -2.25. The van der Waals surface area contributed by atoms with Crippen LogP contribution in [0.4, 0.5) is 5.82 Å². The van der Waals surface area contributed by atoms with E-state index in [4.69, 9.17) is 11.6 Å². The van der Waals surface area contributed by atoms with Gasteiger partial charge < -0.3 is 0 Å². The van der Waals surface area contributed by atoms with Gasteiger partial charge in [0.05, 0.1) is 10.9 Å². The van der Waals surface area contributed by atoms with Gasteiger partial charge in [-0.3, -0.25) is 9.69 Å². The van der Waals surface area contributed by atoms with Gasteiger partial charge in [-0.15, -0.1) is 11.6 Å². The minimum atomic E-state index is -0.101. The number of aromatic nitrogens is 1. The molecule has 3 nitrogen and oxygen atoms in total. The standard InChI is InChI=1S/C13H11ClN2O/c14-10-7-13(17)16(8-10)12-6-5-9-3-1-2-4-11(9)15-12/h1-6,10H,7-8H2. The van der Waals surface area contributed by atoms with Gasteiger partial charge in [-0.05, 0) is 18.2 Å². The van der Waals surface area contributed by atoms with Crippen molar-refractivity contribution in [3.05, 3.63) is 36.4 Å². The molecule has 2 aromatic rings. The summed E-state index contributed by atoms with van der Waals surface area (Å²) in [6.45, 7) is 0.547. The highest BCUT2D eigenvalue weighted by atomic mass is 35.5. The number of amides is 1. The van der Waals surface area contributed by atoms with Gasteiger partial charge in [0, 0.05) is 18.4 Å². The largest absolute Gasteiger partial charge is 0.295 e. The molecule has 1 aromatic carbocycles. The van der Waals surface area contributed by atoms with Crippen molar-refractivity contribution in [2.24, 2.45) is 0 Å². The summed E-state index contributed by atoms with van der Waals surface area (Å²) in [5.74, 6) is 0.740. The van der Waals surface area contributed by atoms with Crippen LogP contribution >= 0.6 is 11.6 Å². The van der Waals surface area contributed by atoms with E-state index in [0.717, 1.165) is 10.9 Å². The molecule has 1 saturated heterocycles. The highest BCUT2D eigenvalue weighted by molar-refractivity contribution is 6.24. The molecular weight excluding hydrogens is 236 g/mol. The van der Waals surface area contributed by atoms with Crippen molar-refractivity contribution >= 4 is 34.2 Å². The molecule has 1 unspecified atom stereocenters. The van der Waals surface area contributed by atoms with Gasteiger partial charge in [-0.25, -0.2) is 4.98 Å². The lowest BCUT2D eigenvalue weighted by Gasteiger charge is -2.14. The van der Waals surface area contributed by atoms with Crippen molar-refractivity contribution < 1.29 is 4.79 Å². The molecule has 3 rings (SSSR count). The smallest absolute Gasteiger partial charge is 0.229 e. The number of fused-ring (bicyclic) bond motifs is 1. The molecule has 86 valence electrons. The van der Waals surface area contributed by atoms with Crippen LogP contribution in [0.5, 0.6) is 0 Å². The number of anilines is 1. The van der Waals surface area contributed by atoms with E-state index in [0.29, 0.717) is 18.8 Å². The first kappa shape index (κ1) is 10.5. The third-order valence-electron chi connectivity index (χ3n) is 2.94. The van der Waals surface area contributed by atoms with E-state index in [1.807, 2.05) is 36.4 Å². The second-order valence-corrected chi connectivity index (χ2v) is 4.79. The van der Waals surface area contributed by atoms with E-state index in [-0.39, 0.29) is 11.3 Å². The highest BCUT2D eigenvalue weighted by Crippen LogP contribution is 2.24. The summed E-state index contributed by atoms with van der Waals surface area (Å²) < 4.78 is 0. The zero-order chi connectivity index (χ0) is 11.8. The second-order valence-electron chi connectivity index (χ2n) is 4.17. The zero-order valence-corrected chi connectivity index (χ0v) is 9.89. The molecule has 4 heteroatoms. The van der Waals surface area contributed by atoms with Crippen molar-refractivity contribution in [2.75, 3.05) is 11.4 Å². The maximum Gasteiger partial charge on any atom is 0.229 e. The number of hydrogen-bond acceptors (Lipinski definition) is 2. The van der Waals surface area contributed by atoms with Gasteiger partial charge in [-0.2, -0.15) is 0 Å². The van der Waals surface area contributed by atoms with Gasteiger partial charge in [0.25, 0.3) is 0 Å². The number of halogens is 1. The minimum absolute atomic E-state index is 0.0489. The Hall–Kier alpha value is -1.61. The van der Waals surface area contributed by atoms with Crippen LogP contribution in [0, 0.1) is 0 Å². The molecule has 0 aliphatic carbocycles. The molecule has 0 saturated carbocycles. The number of pyridine rings is 1. The van der Waals surface area contributed by atoms with Gasteiger partial charge in [0.2, 0.25) is 5.91 Å². The van der Waals surface area contributed by atoms with Crippen molar-refractivity contribution in [1.29, 1.82) is 0 Å². The van der Waals surface area contributed by atoms with Crippen LogP contribution in [0.1, 0.15) is 6.42 Å². The topological polar surface area (TPSA) is 33.2 Å². The summed E-state index contributed by atoms with van der Waals surface area (Å²) in [5.41, 5.74) is 0.899. The van der Waals surface area contributed by atoms with Crippen LogP contribution in [0.2, 0.25) is 0 Å². The van der Waals surface area contributed by atoms with Crippen LogP contribution < -0.4 is 4.90 Å². The summed E-state index contributed by atoms with van der Waals surface area (Å²) >= 11 is 5.98. The van der Waals surface area contributed by atoms with E-state index in [2.05, 4.69) is 4.98 Å². The minimum Gasteiger partial charge on any atom is -0.295 e. The normalized spacial score (nSPS) is 20.2. The lowest BCUT2D eigenvalue weighted by molar-refractivity contribution is -0.117. The molecule has 1 atom stereocenters. The molecule has 1 aliphatic rings. The maximum absolute atomic E-state index is 11.7. The molecule has 1 aliphatic heterocycles. The van der Waals surface area contributed by atoms with Gasteiger partial charge in [0.1, 0.15) is 5.82 Å². The number of benzene rings is 1. The van der Waals surface area contributed by atoms with Crippen LogP contribution in [0.15, 0.2) is 36.4 Å². The second kappa shape index (κ2) is 4.00. The van der Waals surface area contributed by atoms with E-state index in [1.54, 1.807) is 4.90 Å². The summed E-state index contributed by atoms with van der Waals surface area (Å²) in [7, 11) is 0. The Balaban J connectivity index is 2.03. The number of hydrogen-bond donors (Lipinski definition) is 0. The summed E-state index contributed by atoms with van der Waals surface area (Å²) in [6, 6.07) is 11.7. The molecule has 1 fully saturated rings. The Morgan fingerprint density at radius 2 is 2.06 bits per heavy atom. The van der Waals surface area contributed by atoms with Crippen molar-refractivity contribution in [1.82, 2.24) is 4.98 Å². The number of carbonyl (C=O) groups excluding carboxylic acids is 1. The number of carbonyl (C=O) groups is 1. The summed E-state index contributed by atoms with van der Waals surface area (Å²) in [6.07, 6.45) is 0.399. The Morgan fingerprint density at radius 1 is 1.24 bits per heavy atom. The molecule has 0 bridgehead atoms. The van der Waals surface area contributed by atoms with Crippen molar-refractivity contribution in [3.8, 4) is 0 Å². The monoisotopic (exact) mass is 246 g/mol. The summed E-state index contributed by atoms with van der Waals surface area (Å²) in [5, 5.41) is 0.973. The maximum atomic E-state index is 11.7. The van der Waals surface area contributed by atoms with Gasteiger partial charge >= 0.3 is 0 Å². The Bertz CT molecular complexity index is 584. The van der Waals surface area contributed by atoms with E-state index in [9.17, 15) is 4.79 Å². The Labute approximate surface area is 104 Å². The van der Waals surface area contributed by atoms with Crippen LogP contribution in [-0.4, -0.2) is 22.8 Å². The van der Waals surface area contributed by atoms with Crippen molar-refractivity contribution in [2.45, 2.75) is 11.8 Å². The Kier molecular flexibility index (Phi) is 2.48. The van der Waals surface area contributed by atoms with Crippen LogP contribution in [0.3, 0.4) is 0 Å². The summed E-state index contributed by atoms with van der Waals surface area (Å²) in [4.78, 5) is 17.9. The molecule has 0 spiro atoms. The average Bonchev–Trinajstić information content (AvgIpc) is 2.68. The van der Waals surface area contributed by atoms with E-state index < -0.39 is 0 Å². The fourth-order valence-corrected chi connectivity index (χ4v) is 2.36. The zero-order valence-electron chi connectivity index (χ0n) is 9.14. The molecule has 1 aromatic heterocycles. The predicted molar refractivity (Wildman–Crippen MR) is 68.4 cm³/mol. The lowest BCUT2D eigenvalue weighted by atomic mass is 10.2. The molecule has 0 radical (unpaired) electrons. The molecule has 2 heterocycles. The van der Waals surface area contributed by atoms with Crippen molar-refractivity contribution in [3.63, 3.8) is 0 Å². The van der Waals surface area contributed by atoms with Gasteiger partial charge in [0.15, 0.2) is 0 Å². The third kappa shape index (κ3) is 1.87. The number of alkyl halides is 1. The first-order chi connectivity index (χ1) is 8.24. The number of nitrogens with zero attached hydrogens (tertiary/aromatic N) is 2. The quantitative estimate of drug-likeness (QED) is 0.725. The first-order valence-corrected chi connectivity index (χ1v) is 5.98. The number of rotatable bonds is 1. The predicted octanol–water partition coefficient (Wildman–Crippen LogP) is 2.58. The first-order valence-electron chi connectivity index (χ1n) is 5.54. The van der Waals surface area contributed by atoms with E-state index in [1.165, 1.54) is 0 Å². The fourth-order valence-electron chi connectivity index (χ4n) is 2.09. The molecular formula is C13H11ClN2O. The molecule has 0 N–H and O–H groups in total. The average molecular weight is 247 g/mol. The fraction of sp³-hybridized carbons (Fsp3) is 0.231. The van der Waals surface area contributed by atoms with Crippen LogP contribution in [-0.2, 0) is 4.79 Å². The highest BCUT2D eigenvalue weighted by Gasteiger charge is 2.29. The molecule has 1 amide bonds. The van der Waals surface area contributed by atoms with E-state index >= 15 is 0 Å². The third-order valence-corrected chi connectivity index (χ3v) is 3.23. The SMILES string of the molecule is O=C1CC(Cl)CN1c1ccc2ccccc2n1. The van der Waals surface area contributed by atoms with Crippen LogP contribution in [0.25, 0.3) is 10.9 Å². The Morgan fingerprint density at radius 3 is 2.82 bits per heavy atom. The van der Waals surface area contributed by atoms with Gasteiger partial charge in [-0.1, -0.05) is 18.2 Å². The molecule has 17 heavy (non-hydrogen) atoms.